The number of halogens is 3. The molecule has 0 amide bonds. The smallest absolute Gasteiger partial charge is 0.134 e. The Kier molecular flexibility index (Phi) is 4.35. The minimum absolute atomic E-state index is 0.402. The first-order valence-electron chi connectivity index (χ1n) is 5.25. The van der Waals surface area contributed by atoms with Crippen LogP contribution in [0, 0.1) is 6.92 Å². The molecule has 0 aliphatic heterocycles. The predicted octanol–water partition coefficient (Wildman–Crippen LogP) is 4.49. The van der Waals surface area contributed by atoms with E-state index in [1.807, 2.05) is 32.2 Å². The van der Waals surface area contributed by atoms with Crippen LogP contribution in [0.25, 0.3) is 0 Å². The zero-order valence-corrected chi connectivity index (χ0v) is 13.8. The van der Waals surface area contributed by atoms with E-state index >= 15 is 0 Å². The van der Waals surface area contributed by atoms with E-state index in [0.717, 1.165) is 26.0 Å². The quantitative estimate of drug-likeness (QED) is 0.767. The molecular weight excluding hydrogens is 383 g/mol. The van der Waals surface area contributed by atoms with Crippen molar-refractivity contribution in [2.45, 2.75) is 13.5 Å². The fourth-order valence-corrected chi connectivity index (χ4v) is 2.97. The Labute approximate surface area is 127 Å². The third-order valence-corrected chi connectivity index (χ3v) is 4.12. The molecule has 18 heavy (non-hydrogen) atoms. The number of nitrogens with zero attached hydrogens (tertiary/aromatic N) is 2. The summed E-state index contributed by atoms with van der Waals surface area (Å²) in [4.78, 5) is 0. The molecule has 1 heterocycles. The van der Waals surface area contributed by atoms with Crippen LogP contribution in [0.3, 0.4) is 0 Å². The summed E-state index contributed by atoms with van der Waals surface area (Å²) in [5.41, 5.74) is 1.80. The van der Waals surface area contributed by atoms with Crippen molar-refractivity contribution in [3.63, 3.8) is 0 Å². The number of benzene rings is 1. The van der Waals surface area contributed by atoms with Gasteiger partial charge in [0.05, 0.1) is 10.2 Å². The van der Waals surface area contributed by atoms with Crippen LogP contribution < -0.4 is 4.74 Å². The highest BCUT2D eigenvalue weighted by Gasteiger charge is 2.12. The van der Waals surface area contributed by atoms with Gasteiger partial charge in [-0.15, -0.1) is 0 Å². The molecule has 0 spiro atoms. The highest BCUT2D eigenvalue weighted by Crippen LogP contribution is 2.29. The van der Waals surface area contributed by atoms with Gasteiger partial charge in [0, 0.05) is 17.1 Å². The van der Waals surface area contributed by atoms with Gasteiger partial charge in [-0.25, -0.2) is 0 Å². The minimum Gasteiger partial charge on any atom is -0.488 e. The molecule has 0 N–H and O–H groups in total. The van der Waals surface area contributed by atoms with Crippen LogP contribution in [-0.2, 0) is 13.7 Å². The average Bonchev–Trinajstić information content (AvgIpc) is 2.53. The highest BCUT2D eigenvalue weighted by atomic mass is 79.9. The van der Waals surface area contributed by atoms with Gasteiger partial charge < -0.3 is 4.74 Å². The third-order valence-electron chi connectivity index (χ3n) is 2.54. The number of hydrogen-bond acceptors (Lipinski definition) is 2. The second kappa shape index (κ2) is 5.63. The van der Waals surface area contributed by atoms with Crippen LogP contribution in [0.15, 0.2) is 27.1 Å². The Morgan fingerprint density at radius 1 is 1.39 bits per heavy atom. The first-order chi connectivity index (χ1) is 8.49. The van der Waals surface area contributed by atoms with Crippen LogP contribution in [-0.4, -0.2) is 9.78 Å². The molecule has 0 saturated carbocycles. The topological polar surface area (TPSA) is 27.1 Å². The second-order valence-electron chi connectivity index (χ2n) is 3.84. The zero-order valence-electron chi connectivity index (χ0n) is 9.88. The van der Waals surface area contributed by atoms with Crippen LogP contribution >= 0.6 is 43.5 Å². The lowest BCUT2D eigenvalue weighted by Crippen LogP contribution is -1.97. The highest BCUT2D eigenvalue weighted by molar-refractivity contribution is 9.11. The van der Waals surface area contributed by atoms with Crippen molar-refractivity contribution in [3.8, 4) is 5.75 Å². The molecule has 1 aromatic heterocycles. The molecule has 0 unspecified atom stereocenters. The number of aryl methyl sites for hydroxylation is 2. The molecule has 0 bridgehead atoms. The number of hydrogen-bond donors (Lipinski definition) is 0. The number of aromatic nitrogens is 2. The van der Waals surface area contributed by atoms with Crippen LogP contribution in [0.4, 0.5) is 0 Å². The van der Waals surface area contributed by atoms with Gasteiger partial charge in [0.15, 0.2) is 0 Å². The van der Waals surface area contributed by atoms with E-state index in [-0.39, 0.29) is 0 Å². The number of ether oxygens (including phenoxy) is 1. The summed E-state index contributed by atoms with van der Waals surface area (Å²) in [6.07, 6.45) is 0. The Hall–Kier alpha value is -0.520. The SMILES string of the molecule is Cc1nn(C)c(Cl)c1COc1ccc(Br)cc1Br. The molecule has 0 atom stereocenters. The Morgan fingerprint density at radius 2 is 2.11 bits per heavy atom. The molecular formula is C12H11Br2ClN2O. The maximum Gasteiger partial charge on any atom is 0.134 e. The van der Waals surface area contributed by atoms with Gasteiger partial charge in [0.1, 0.15) is 17.5 Å². The van der Waals surface area contributed by atoms with Crippen molar-refractivity contribution < 1.29 is 4.74 Å². The van der Waals surface area contributed by atoms with Crippen molar-refractivity contribution in [2.24, 2.45) is 7.05 Å². The summed E-state index contributed by atoms with van der Waals surface area (Å²) in [6.45, 7) is 2.32. The van der Waals surface area contributed by atoms with E-state index in [1.54, 1.807) is 4.68 Å². The third kappa shape index (κ3) is 2.90. The van der Waals surface area contributed by atoms with Gasteiger partial charge in [-0.05, 0) is 41.1 Å². The summed E-state index contributed by atoms with van der Waals surface area (Å²) in [5, 5.41) is 4.86. The Bertz CT molecular complexity index is 584. The molecule has 0 aliphatic carbocycles. The van der Waals surface area contributed by atoms with Gasteiger partial charge in [-0.2, -0.15) is 5.10 Å². The molecule has 2 rings (SSSR count). The second-order valence-corrected chi connectivity index (χ2v) is 5.97. The average molecular weight is 394 g/mol. The molecule has 0 aliphatic rings. The molecule has 96 valence electrons. The molecule has 6 heteroatoms. The van der Waals surface area contributed by atoms with E-state index in [0.29, 0.717) is 11.8 Å². The summed E-state index contributed by atoms with van der Waals surface area (Å²) < 4.78 is 9.29. The lowest BCUT2D eigenvalue weighted by atomic mass is 10.3. The maximum absolute atomic E-state index is 6.15. The molecule has 0 fully saturated rings. The Morgan fingerprint density at radius 3 is 2.67 bits per heavy atom. The van der Waals surface area contributed by atoms with E-state index in [1.165, 1.54) is 0 Å². The van der Waals surface area contributed by atoms with Gasteiger partial charge in [0.25, 0.3) is 0 Å². The van der Waals surface area contributed by atoms with Gasteiger partial charge in [-0.1, -0.05) is 27.5 Å². The first kappa shape index (κ1) is 13.9. The van der Waals surface area contributed by atoms with Gasteiger partial charge in [-0.3, -0.25) is 4.68 Å². The lowest BCUT2D eigenvalue weighted by molar-refractivity contribution is 0.303. The van der Waals surface area contributed by atoms with E-state index < -0.39 is 0 Å². The largest absolute Gasteiger partial charge is 0.488 e. The van der Waals surface area contributed by atoms with Gasteiger partial charge in [0.2, 0.25) is 0 Å². The fraction of sp³-hybridized carbons (Fsp3) is 0.250. The number of rotatable bonds is 3. The molecule has 3 nitrogen and oxygen atoms in total. The molecule has 1 aromatic carbocycles. The standard InChI is InChI=1S/C12H11Br2ClN2O/c1-7-9(12(15)17(2)16-7)6-18-11-4-3-8(13)5-10(11)14/h3-5H,6H2,1-2H3. The summed E-state index contributed by atoms with van der Waals surface area (Å²) >= 11 is 13.0. The van der Waals surface area contributed by atoms with E-state index in [4.69, 9.17) is 16.3 Å². The zero-order chi connectivity index (χ0) is 13.3. The maximum atomic E-state index is 6.15. The summed E-state index contributed by atoms with van der Waals surface area (Å²) in [7, 11) is 1.81. The monoisotopic (exact) mass is 392 g/mol. The van der Waals surface area contributed by atoms with Crippen molar-refractivity contribution in [1.29, 1.82) is 0 Å². The normalized spacial score (nSPS) is 10.7. The van der Waals surface area contributed by atoms with E-state index in [2.05, 4.69) is 37.0 Å². The fourth-order valence-electron chi connectivity index (χ4n) is 1.58. The van der Waals surface area contributed by atoms with Crippen molar-refractivity contribution in [1.82, 2.24) is 9.78 Å². The van der Waals surface area contributed by atoms with Crippen LogP contribution in [0.2, 0.25) is 5.15 Å². The lowest BCUT2D eigenvalue weighted by Gasteiger charge is -2.08. The molecule has 0 radical (unpaired) electrons. The van der Waals surface area contributed by atoms with Crippen LogP contribution in [0.1, 0.15) is 11.3 Å². The van der Waals surface area contributed by atoms with Crippen molar-refractivity contribution >= 4 is 43.5 Å². The minimum atomic E-state index is 0.402. The Balaban J connectivity index is 2.16. The molecule has 0 saturated heterocycles. The predicted molar refractivity (Wildman–Crippen MR) is 79.1 cm³/mol. The first-order valence-corrected chi connectivity index (χ1v) is 7.21. The van der Waals surface area contributed by atoms with Crippen molar-refractivity contribution in [2.75, 3.05) is 0 Å². The summed E-state index contributed by atoms with van der Waals surface area (Å²) in [5.74, 6) is 0.775. The summed E-state index contributed by atoms with van der Waals surface area (Å²) in [6, 6.07) is 5.76. The molecule has 2 aromatic rings. The van der Waals surface area contributed by atoms with Crippen molar-refractivity contribution in [3.05, 3.63) is 43.6 Å². The van der Waals surface area contributed by atoms with E-state index in [9.17, 15) is 0 Å². The van der Waals surface area contributed by atoms with Crippen LogP contribution in [0.5, 0.6) is 5.75 Å². The van der Waals surface area contributed by atoms with Gasteiger partial charge >= 0.3 is 0 Å².